The van der Waals surface area contributed by atoms with Crippen molar-refractivity contribution in [3.63, 3.8) is 0 Å². The van der Waals surface area contributed by atoms with Crippen molar-refractivity contribution in [2.75, 3.05) is 0 Å². The number of halogens is 1. The summed E-state index contributed by atoms with van der Waals surface area (Å²) in [6.07, 6.45) is 0. The first-order chi connectivity index (χ1) is 2.27. The molecule has 0 aliphatic rings. The van der Waals surface area contributed by atoms with Crippen molar-refractivity contribution in [2.24, 2.45) is 5.73 Å². The molecule has 0 aliphatic heterocycles. The molecule has 0 spiro atoms. The molecule has 0 heterocycles. The van der Waals surface area contributed by atoms with Gasteiger partial charge in [0, 0.05) is 11.8 Å². The minimum absolute atomic E-state index is 0.730. The maximum Gasteiger partial charge on any atom is 0.326 e. The maximum absolute atomic E-state index is 9.35. The zero-order valence-corrected chi connectivity index (χ0v) is 3.12. The van der Waals surface area contributed by atoms with Gasteiger partial charge in [-0.3, -0.25) is 4.84 Å². The third-order valence-electron chi connectivity index (χ3n) is 0.0931. The number of carbonyl (C=O) groups is 1. The van der Waals surface area contributed by atoms with Crippen molar-refractivity contribution >= 4 is 17.8 Å². The van der Waals surface area contributed by atoms with E-state index in [0.29, 0.717) is 0 Å². The van der Waals surface area contributed by atoms with Crippen LogP contribution in [-0.2, 0) is 0 Å². The van der Waals surface area contributed by atoms with Gasteiger partial charge < -0.3 is 5.73 Å². The number of nitrogens with one attached hydrogen (secondary N) is 1. The van der Waals surface area contributed by atoms with E-state index in [1.165, 1.54) is 0 Å². The highest BCUT2D eigenvalue weighted by atomic mass is 35.5. The van der Waals surface area contributed by atoms with Gasteiger partial charge in [0.05, 0.1) is 0 Å². The Morgan fingerprint density at radius 2 is 2.20 bits per heavy atom. The van der Waals surface area contributed by atoms with Crippen LogP contribution < -0.4 is 10.6 Å². The van der Waals surface area contributed by atoms with E-state index < -0.39 is 6.03 Å². The Morgan fingerprint density at radius 3 is 2.20 bits per heavy atom. The Balaban J connectivity index is 2.85. The summed E-state index contributed by atoms with van der Waals surface area (Å²) in [5.41, 5.74) is 4.41. The molecule has 5 heavy (non-hydrogen) atoms. The quantitative estimate of drug-likeness (QED) is 0.402. The minimum atomic E-state index is -0.730. The molecule has 0 radical (unpaired) electrons. The Kier molecular flexibility index (Phi) is 1.68. The molecule has 0 bridgehead atoms. The van der Waals surface area contributed by atoms with E-state index in [1.54, 1.807) is 4.84 Å². The zero-order valence-electron chi connectivity index (χ0n) is 2.36. The standard InChI is InChI=1S/CH3ClN2O/c2-4-1(3)5/h(H3,3,4,5). The fourth-order valence-electron chi connectivity index (χ4n) is 0. The molecular weight excluding hydrogens is 91.5 g/mol. The Morgan fingerprint density at radius 1 is 2.00 bits per heavy atom. The summed E-state index contributed by atoms with van der Waals surface area (Å²) in [4.78, 5) is 11.0. The second-order valence-electron chi connectivity index (χ2n) is 0.459. The van der Waals surface area contributed by atoms with Crippen LogP contribution in [0.15, 0.2) is 0 Å². The van der Waals surface area contributed by atoms with E-state index in [1.807, 2.05) is 0 Å². The van der Waals surface area contributed by atoms with Gasteiger partial charge in [-0.25, -0.2) is 4.79 Å². The van der Waals surface area contributed by atoms with Gasteiger partial charge in [-0.2, -0.15) is 0 Å². The van der Waals surface area contributed by atoms with Gasteiger partial charge in [0.1, 0.15) is 0 Å². The molecule has 0 aliphatic carbocycles. The fraction of sp³-hybridized carbons (Fsp3) is 0. The number of amides is 2. The number of carbonyl (C=O) groups excluding carboxylic acids is 1. The molecular formula is CH3ClN2O. The smallest absolute Gasteiger partial charge is 0.326 e. The van der Waals surface area contributed by atoms with Crippen LogP contribution in [0.5, 0.6) is 0 Å². The molecule has 4 heteroatoms. The van der Waals surface area contributed by atoms with E-state index in [2.05, 4.69) is 17.5 Å². The fourth-order valence-corrected chi connectivity index (χ4v) is 0. The Hall–Kier alpha value is -0.440. The first kappa shape index (κ1) is 4.56. The molecule has 2 amide bonds. The highest BCUT2D eigenvalue weighted by Gasteiger charge is 1.75. The van der Waals surface area contributed by atoms with Crippen LogP contribution in [0.4, 0.5) is 4.79 Å². The average molecular weight is 94.5 g/mol. The van der Waals surface area contributed by atoms with Gasteiger partial charge in [0.15, 0.2) is 0 Å². The van der Waals surface area contributed by atoms with Crippen LogP contribution in [-0.4, -0.2) is 6.03 Å². The van der Waals surface area contributed by atoms with Crippen LogP contribution in [0.25, 0.3) is 0 Å². The number of urea groups is 1. The Bertz CT molecular complexity index is 44.9. The van der Waals surface area contributed by atoms with Crippen LogP contribution in [0.3, 0.4) is 0 Å². The second-order valence-corrected chi connectivity index (χ2v) is 0.648. The summed E-state index contributed by atoms with van der Waals surface area (Å²) < 4.78 is 0. The highest BCUT2D eigenvalue weighted by Crippen LogP contribution is 1.54. The number of primary amides is 1. The predicted octanol–water partition coefficient (Wildman–Crippen LogP) is -0.191. The van der Waals surface area contributed by atoms with Crippen LogP contribution in [0, 0.1) is 0 Å². The lowest BCUT2D eigenvalue weighted by Gasteiger charge is -1.76. The van der Waals surface area contributed by atoms with E-state index in [-0.39, 0.29) is 0 Å². The summed E-state index contributed by atoms with van der Waals surface area (Å²) >= 11 is 4.61. The van der Waals surface area contributed by atoms with E-state index in [0.717, 1.165) is 0 Å². The summed E-state index contributed by atoms with van der Waals surface area (Å²) in [7, 11) is 0. The summed E-state index contributed by atoms with van der Waals surface area (Å²) in [6.45, 7) is 0. The third kappa shape index (κ3) is 3.56. The highest BCUT2D eigenvalue weighted by molar-refractivity contribution is 6.20. The Labute approximate surface area is 34.2 Å². The van der Waals surface area contributed by atoms with E-state index >= 15 is 0 Å². The second kappa shape index (κ2) is 1.84. The summed E-state index contributed by atoms with van der Waals surface area (Å²) in [6, 6.07) is -0.730. The lowest BCUT2D eigenvalue weighted by atomic mass is 11.2. The molecule has 3 nitrogen and oxygen atoms in total. The molecule has 0 rings (SSSR count). The predicted molar refractivity (Wildman–Crippen MR) is 18.6 cm³/mol. The lowest BCUT2D eigenvalue weighted by molar-refractivity contribution is 0.254. The molecule has 0 saturated carbocycles. The van der Waals surface area contributed by atoms with Crippen molar-refractivity contribution in [2.45, 2.75) is 0 Å². The van der Waals surface area contributed by atoms with Gasteiger partial charge in [-0.05, 0) is 0 Å². The van der Waals surface area contributed by atoms with Crippen molar-refractivity contribution in [3.05, 3.63) is 0 Å². The molecule has 0 aromatic heterocycles. The molecule has 0 saturated heterocycles. The van der Waals surface area contributed by atoms with Gasteiger partial charge >= 0.3 is 6.03 Å². The third-order valence-corrected chi connectivity index (χ3v) is 0.279. The first-order valence-electron chi connectivity index (χ1n) is 0.932. The van der Waals surface area contributed by atoms with Crippen molar-refractivity contribution in [1.82, 2.24) is 4.84 Å². The molecule has 30 valence electrons. The largest absolute Gasteiger partial charge is 0.351 e. The number of nitrogens with two attached hydrogens (primary N) is 1. The van der Waals surface area contributed by atoms with Crippen molar-refractivity contribution < 1.29 is 4.79 Å². The van der Waals surface area contributed by atoms with Gasteiger partial charge in [-0.15, -0.1) is 0 Å². The topological polar surface area (TPSA) is 55.1 Å². The first-order valence-corrected chi connectivity index (χ1v) is 1.31. The van der Waals surface area contributed by atoms with Crippen LogP contribution >= 0.6 is 11.8 Å². The lowest BCUT2D eigenvalue weighted by Crippen LogP contribution is -2.19. The molecule has 0 unspecified atom stereocenters. The van der Waals surface area contributed by atoms with Gasteiger partial charge in [-0.1, -0.05) is 0 Å². The summed E-state index contributed by atoms with van der Waals surface area (Å²) in [5.74, 6) is 0. The summed E-state index contributed by atoms with van der Waals surface area (Å²) in [5, 5.41) is 0. The number of hydrogen-bond donors (Lipinski definition) is 2. The van der Waals surface area contributed by atoms with Gasteiger partial charge in [0.2, 0.25) is 0 Å². The molecule has 0 fully saturated rings. The molecule has 0 aromatic carbocycles. The zero-order chi connectivity index (χ0) is 4.28. The number of hydrogen-bond acceptors (Lipinski definition) is 1. The van der Waals surface area contributed by atoms with Crippen LogP contribution in [0.1, 0.15) is 0 Å². The van der Waals surface area contributed by atoms with E-state index in [4.69, 9.17) is 0 Å². The SMILES string of the molecule is NC(=O)NCl. The maximum atomic E-state index is 9.35. The molecule has 3 N–H and O–H groups in total. The molecule has 0 aromatic rings. The minimum Gasteiger partial charge on any atom is -0.351 e. The average Bonchev–Trinajstić information content (AvgIpc) is 1.38. The van der Waals surface area contributed by atoms with Gasteiger partial charge in [0.25, 0.3) is 0 Å². The van der Waals surface area contributed by atoms with E-state index in [9.17, 15) is 4.79 Å². The normalized spacial score (nSPS) is 6.60. The monoisotopic (exact) mass is 94.0 g/mol. The van der Waals surface area contributed by atoms with Crippen molar-refractivity contribution in [3.8, 4) is 0 Å². The van der Waals surface area contributed by atoms with Crippen LogP contribution in [0.2, 0.25) is 0 Å². The van der Waals surface area contributed by atoms with Crippen molar-refractivity contribution in [1.29, 1.82) is 0 Å². The molecule has 0 atom stereocenters. The number of rotatable bonds is 0.